The van der Waals surface area contributed by atoms with Crippen LogP contribution in [0.4, 0.5) is 4.79 Å². The number of benzene rings is 1. The first kappa shape index (κ1) is 16.0. The minimum atomic E-state index is -0.956. The molecule has 1 N–H and O–H groups in total. The SMILES string of the molecule is CCOC(=O)OCC(C)(C)Cc1ccccc1C(=O)O. The Bertz CT molecular complexity index is 479. The molecule has 20 heavy (non-hydrogen) atoms. The van der Waals surface area contributed by atoms with Crippen LogP contribution in [-0.4, -0.2) is 30.4 Å². The zero-order chi connectivity index (χ0) is 15.2. The van der Waals surface area contributed by atoms with Crippen molar-refractivity contribution in [1.29, 1.82) is 0 Å². The van der Waals surface area contributed by atoms with Crippen LogP contribution >= 0.6 is 0 Å². The second-order valence-electron chi connectivity index (χ2n) is 5.27. The summed E-state index contributed by atoms with van der Waals surface area (Å²) in [4.78, 5) is 22.3. The number of hydrogen-bond acceptors (Lipinski definition) is 4. The summed E-state index contributed by atoms with van der Waals surface area (Å²) in [6.07, 6.45) is -0.207. The molecule has 0 saturated heterocycles. The molecule has 0 heterocycles. The van der Waals surface area contributed by atoms with Crippen LogP contribution in [0.1, 0.15) is 36.7 Å². The molecule has 0 spiro atoms. The molecule has 0 saturated carbocycles. The molecule has 1 rings (SSSR count). The Morgan fingerprint density at radius 2 is 1.85 bits per heavy atom. The van der Waals surface area contributed by atoms with Crippen LogP contribution in [0.15, 0.2) is 24.3 Å². The number of hydrogen-bond donors (Lipinski definition) is 1. The first-order chi connectivity index (χ1) is 9.35. The summed E-state index contributed by atoms with van der Waals surface area (Å²) < 4.78 is 9.71. The van der Waals surface area contributed by atoms with Gasteiger partial charge in [0.1, 0.15) is 6.61 Å². The molecular formula is C15H20O5. The average Bonchev–Trinajstić information content (AvgIpc) is 2.37. The molecule has 0 aliphatic rings. The second-order valence-corrected chi connectivity index (χ2v) is 5.27. The van der Waals surface area contributed by atoms with Crippen molar-refractivity contribution in [2.75, 3.05) is 13.2 Å². The van der Waals surface area contributed by atoms with Gasteiger partial charge in [-0.05, 0) is 25.0 Å². The predicted octanol–water partition coefficient (Wildman–Crippen LogP) is 3.13. The maximum atomic E-state index is 11.2. The van der Waals surface area contributed by atoms with E-state index in [0.29, 0.717) is 6.42 Å². The highest BCUT2D eigenvalue weighted by molar-refractivity contribution is 5.89. The molecule has 0 aliphatic carbocycles. The van der Waals surface area contributed by atoms with Crippen LogP contribution in [-0.2, 0) is 15.9 Å². The number of carbonyl (C=O) groups is 2. The fourth-order valence-corrected chi connectivity index (χ4v) is 1.86. The summed E-state index contributed by atoms with van der Waals surface area (Å²) in [6, 6.07) is 6.83. The number of aromatic carboxylic acids is 1. The van der Waals surface area contributed by atoms with Crippen molar-refractivity contribution >= 4 is 12.1 Å². The Kier molecular flexibility index (Phi) is 5.55. The summed E-state index contributed by atoms with van der Waals surface area (Å²) >= 11 is 0. The summed E-state index contributed by atoms with van der Waals surface area (Å²) in [5.41, 5.74) is 0.618. The van der Waals surface area contributed by atoms with Gasteiger partial charge < -0.3 is 14.6 Å². The average molecular weight is 280 g/mol. The highest BCUT2D eigenvalue weighted by Crippen LogP contribution is 2.24. The third kappa shape index (κ3) is 4.91. The molecule has 0 atom stereocenters. The Morgan fingerprint density at radius 3 is 2.45 bits per heavy atom. The lowest BCUT2D eigenvalue weighted by Gasteiger charge is -2.24. The van der Waals surface area contributed by atoms with Crippen molar-refractivity contribution in [2.24, 2.45) is 5.41 Å². The molecule has 1 aromatic carbocycles. The Labute approximate surface area is 118 Å². The van der Waals surface area contributed by atoms with Gasteiger partial charge in [-0.25, -0.2) is 9.59 Å². The van der Waals surface area contributed by atoms with Crippen molar-refractivity contribution < 1.29 is 24.2 Å². The van der Waals surface area contributed by atoms with Gasteiger partial charge in [-0.15, -0.1) is 0 Å². The van der Waals surface area contributed by atoms with E-state index in [1.807, 2.05) is 13.8 Å². The molecule has 1 aromatic rings. The van der Waals surface area contributed by atoms with Crippen LogP contribution in [0.2, 0.25) is 0 Å². The van der Waals surface area contributed by atoms with Gasteiger partial charge in [0.25, 0.3) is 0 Å². The van der Waals surface area contributed by atoms with Gasteiger partial charge >= 0.3 is 12.1 Å². The molecule has 0 bridgehead atoms. The van der Waals surface area contributed by atoms with E-state index in [1.165, 1.54) is 0 Å². The highest BCUT2D eigenvalue weighted by Gasteiger charge is 2.23. The van der Waals surface area contributed by atoms with E-state index >= 15 is 0 Å². The minimum absolute atomic E-state index is 0.166. The second kappa shape index (κ2) is 6.93. The van der Waals surface area contributed by atoms with Gasteiger partial charge in [-0.2, -0.15) is 0 Å². The lowest BCUT2D eigenvalue weighted by molar-refractivity contribution is 0.0322. The molecular weight excluding hydrogens is 260 g/mol. The monoisotopic (exact) mass is 280 g/mol. The van der Waals surface area contributed by atoms with Crippen molar-refractivity contribution in [3.8, 4) is 0 Å². The molecule has 0 fully saturated rings. The quantitative estimate of drug-likeness (QED) is 0.810. The van der Waals surface area contributed by atoms with Gasteiger partial charge in [-0.1, -0.05) is 32.0 Å². The normalized spacial score (nSPS) is 10.9. The standard InChI is InChI=1S/C15H20O5/c1-4-19-14(18)20-10-15(2,3)9-11-7-5-6-8-12(11)13(16)17/h5-8H,4,9-10H2,1-3H3,(H,16,17). The van der Waals surface area contributed by atoms with Gasteiger partial charge in [0.2, 0.25) is 0 Å². The lowest BCUT2D eigenvalue weighted by Crippen LogP contribution is -2.25. The third-order valence-corrected chi connectivity index (χ3v) is 2.76. The Hall–Kier alpha value is -2.04. The van der Waals surface area contributed by atoms with E-state index in [2.05, 4.69) is 0 Å². The van der Waals surface area contributed by atoms with E-state index in [9.17, 15) is 9.59 Å². The Balaban J connectivity index is 2.71. The smallest absolute Gasteiger partial charge is 0.478 e. The summed E-state index contributed by atoms with van der Waals surface area (Å²) in [6.45, 7) is 5.95. The van der Waals surface area contributed by atoms with E-state index in [0.717, 1.165) is 5.56 Å². The third-order valence-electron chi connectivity index (χ3n) is 2.76. The van der Waals surface area contributed by atoms with Gasteiger partial charge in [0, 0.05) is 5.41 Å². The van der Waals surface area contributed by atoms with Crippen molar-refractivity contribution in [1.82, 2.24) is 0 Å². The number of rotatable bonds is 6. The molecule has 0 aliphatic heterocycles. The fourth-order valence-electron chi connectivity index (χ4n) is 1.86. The van der Waals surface area contributed by atoms with Crippen molar-refractivity contribution in [2.45, 2.75) is 27.2 Å². The fraction of sp³-hybridized carbons (Fsp3) is 0.467. The van der Waals surface area contributed by atoms with E-state index in [4.69, 9.17) is 14.6 Å². The van der Waals surface area contributed by atoms with Crippen molar-refractivity contribution in [3.63, 3.8) is 0 Å². The van der Waals surface area contributed by atoms with Gasteiger partial charge in [-0.3, -0.25) is 0 Å². The Morgan fingerprint density at radius 1 is 1.20 bits per heavy atom. The highest BCUT2D eigenvalue weighted by atomic mass is 16.7. The molecule has 0 unspecified atom stereocenters. The first-order valence-electron chi connectivity index (χ1n) is 6.46. The molecule has 5 nitrogen and oxygen atoms in total. The van der Waals surface area contributed by atoms with Crippen LogP contribution in [0.5, 0.6) is 0 Å². The summed E-state index contributed by atoms with van der Waals surface area (Å²) in [7, 11) is 0. The first-order valence-corrected chi connectivity index (χ1v) is 6.46. The topological polar surface area (TPSA) is 72.8 Å². The molecule has 0 aromatic heterocycles. The summed E-state index contributed by atoms with van der Waals surface area (Å²) in [5.74, 6) is -0.956. The maximum absolute atomic E-state index is 11.2. The predicted molar refractivity (Wildman–Crippen MR) is 73.9 cm³/mol. The van der Waals surface area contributed by atoms with E-state index in [1.54, 1.807) is 31.2 Å². The van der Waals surface area contributed by atoms with Crippen LogP contribution in [0, 0.1) is 5.41 Å². The maximum Gasteiger partial charge on any atom is 0.508 e. The lowest BCUT2D eigenvalue weighted by atomic mass is 9.85. The number of carboxylic acid groups (broad SMARTS) is 1. The number of carboxylic acids is 1. The molecule has 110 valence electrons. The largest absolute Gasteiger partial charge is 0.508 e. The molecule has 0 amide bonds. The summed E-state index contributed by atoms with van der Waals surface area (Å²) in [5, 5.41) is 9.15. The molecule has 5 heteroatoms. The van der Waals surface area contributed by atoms with Crippen molar-refractivity contribution in [3.05, 3.63) is 35.4 Å². The van der Waals surface area contributed by atoms with E-state index in [-0.39, 0.29) is 24.2 Å². The van der Waals surface area contributed by atoms with Gasteiger partial charge in [0.15, 0.2) is 0 Å². The molecule has 0 radical (unpaired) electrons. The van der Waals surface area contributed by atoms with Crippen LogP contribution in [0.25, 0.3) is 0 Å². The van der Waals surface area contributed by atoms with E-state index < -0.39 is 12.1 Å². The van der Waals surface area contributed by atoms with Crippen LogP contribution in [0.3, 0.4) is 0 Å². The van der Waals surface area contributed by atoms with Crippen LogP contribution < -0.4 is 0 Å². The zero-order valence-corrected chi connectivity index (χ0v) is 12.0. The number of carbonyl (C=O) groups excluding carboxylic acids is 1. The zero-order valence-electron chi connectivity index (χ0n) is 12.0. The number of ether oxygens (including phenoxy) is 2. The minimum Gasteiger partial charge on any atom is -0.478 e. The van der Waals surface area contributed by atoms with Gasteiger partial charge in [0.05, 0.1) is 12.2 Å².